The first-order valence-corrected chi connectivity index (χ1v) is 13.4. The van der Waals surface area contributed by atoms with E-state index in [0.29, 0.717) is 30.1 Å². The highest BCUT2D eigenvalue weighted by Gasteiger charge is 2.26. The molecule has 2 N–H and O–H groups in total. The first-order chi connectivity index (χ1) is 17.7. The predicted octanol–water partition coefficient (Wildman–Crippen LogP) is 4.43. The summed E-state index contributed by atoms with van der Waals surface area (Å²) in [5.74, 6) is 0.630. The van der Waals surface area contributed by atoms with Gasteiger partial charge in [0, 0.05) is 0 Å². The second-order valence-corrected chi connectivity index (χ2v) is 10.7. The zero-order chi connectivity index (χ0) is 26.8. The Balaban J connectivity index is 1.68. The fourth-order valence-electron chi connectivity index (χ4n) is 3.52. The summed E-state index contributed by atoms with van der Waals surface area (Å²) in [5.41, 5.74) is 5.08. The van der Waals surface area contributed by atoms with Crippen LogP contribution in [-0.2, 0) is 21.4 Å². The maximum atomic E-state index is 12.9. The molecule has 0 aliphatic heterocycles. The van der Waals surface area contributed by atoms with Gasteiger partial charge in [-0.2, -0.15) is 9.82 Å². The van der Waals surface area contributed by atoms with E-state index in [1.807, 2.05) is 51.1 Å². The van der Waals surface area contributed by atoms with Crippen molar-refractivity contribution in [3.05, 3.63) is 89.5 Å². The summed E-state index contributed by atoms with van der Waals surface area (Å²) in [5, 5.41) is 4.04. The lowest BCUT2D eigenvalue weighted by Gasteiger charge is -2.19. The Hall–Kier alpha value is -3.69. The van der Waals surface area contributed by atoms with Crippen molar-refractivity contribution in [3.63, 3.8) is 0 Å². The van der Waals surface area contributed by atoms with Crippen molar-refractivity contribution in [2.24, 2.45) is 11.0 Å². The predicted molar refractivity (Wildman–Crippen MR) is 144 cm³/mol. The van der Waals surface area contributed by atoms with Gasteiger partial charge in [0.2, 0.25) is 10.0 Å². The van der Waals surface area contributed by atoms with Crippen molar-refractivity contribution in [2.75, 3.05) is 7.11 Å². The number of carbonyl (C=O) groups is 1. The summed E-state index contributed by atoms with van der Waals surface area (Å²) in [7, 11) is -2.32. The molecular weight excluding hydrogens is 490 g/mol. The minimum Gasteiger partial charge on any atom is -0.493 e. The SMILES string of the molecule is COc1ccc(/C=N\NC(=O)[C@@H](CC(C)C)NS(=O)(=O)c2ccc(C)cc2)cc1OCc1ccccc1. The highest BCUT2D eigenvalue weighted by molar-refractivity contribution is 7.89. The summed E-state index contributed by atoms with van der Waals surface area (Å²) in [6, 6.07) is 20.5. The van der Waals surface area contributed by atoms with Gasteiger partial charge in [0.05, 0.1) is 18.2 Å². The molecule has 0 fully saturated rings. The molecule has 0 aliphatic carbocycles. The van der Waals surface area contributed by atoms with Gasteiger partial charge in [-0.3, -0.25) is 4.79 Å². The van der Waals surface area contributed by atoms with E-state index >= 15 is 0 Å². The molecule has 1 amide bonds. The van der Waals surface area contributed by atoms with Gasteiger partial charge < -0.3 is 9.47 Å². The van der Waals surface area contributed by atoms with Crippen molar-refractivity contribution in [1.82, 2.24) is 10.1 Å². The van der Waals surface area contributed by atoms with E-state index in [0.717, 1.165) is 11.1 Å². The highest BCUT2D eigenvalue weighted by Crippen LogP contribution is 2.28. The van der Waals surface area contributed by atoms with Crippen LogP contribution in [0.1, 0.15) is 37.0 Å². The molecule has 0 bridgehead atoms. The van der Waals surface area contributed by atoms with Gasteiger partial charge in [-0.05, 0) is 60.7 Å². The number of nitrogens with one attached hydrogen (secondary N) is 2. The second kappa shape index (κ2) is 13.0. The van der Waals surface area contributed by atoms with E-state index in [1.54, 1.807) is 37.4 Å². The smallest absolute Gasteiger partial charge is 0.258 e. The molecule has 3 aromatic rings. The third-order valence-electron chi connectivity index (χ3n) is 5.47. The number of amides is 1. The molecule has 0 heterocycles. The first-order valence-electron chi connectivity index (χ1n) is 11.9. The normalized spacial score (nSPS) is 12.5. The molecule has 0 spiro atoms. The lowest BCUT2D eigenvalue weighted by molar-refractivity contribution is -0.123. The van der Waals surface area contributed by atoms with Crippen molar-refractivity contribution in [1.29, 1.82) is 0 Å². The van der Waals surface area contributed by atoms with Gasteiger partial charge in [-0.15, -0.1) is 0 Å². The number of hydrogen-bond donors (Lipinski definition) is 2. The van der Waals surface area contributed by atoms with Crippen LogP contribution in [0.4, 0.5) is 0 Å². The van der Waals surface area contributed by atoms with E-state index < -0.39 is 22.0 Å². The molecule has 37 heavy (non-hydrogen) atoms. The van der Waals surface area contributed by atoms with Crippen LogP contribution in [0.15, 0.2) is 82.8 Å². The molecule has 8 nitrogen and oxygen atoms in total. The lowest BCUT2D eigenvalue weighted by Crippen LogP contribution is -2.46. The van der Waals surface area contributed by atoms with E-state index in [1.165, 1.54) is 18.3 Å². The van der Waals surface area contributed by atoms with Crippen LogP contribution < -0.4 is 19.6 Å². The zero-order valence-corrected chi connectivity index (χ0v) is 22.3. The minimum atomic E-state index is -3.88. The van der Waals surface area contributed by atoms with Crippen molar-refractivity contribution < 1.29 is 22.7 Å². The average molecular weight is 524 g/mol. The number of hydrazone groups is 1. The summed E-state index contributed by atoms with van der Waals surface area (Å²) in [6.07, 6.45) is 1.78. The van der Waals surface area contributed by atoms with Crippen LogP contribution >= 0.6 is 0 Å². The number of rotatable bonds is 12. The summed E-state index contributed by atoms with van der Waals surface area (Å²) >= 11 is 0. The number of benzene rings is 3. The van der Waals surface area contributed by atoms with Gasteiger partial charge in [-0.25, -0.2) is 13.8 Å². The average Bonchev–Trinajstić information content (AvgIpc) is 2.87. The van der Waals surface area contributed by atoms with Crippen molar-refractivity contribution in [3.8, 4) is 11.5 Å². The summed E-state index contributed by atoms with van der Waals surface area (Å²) in [4.78, 5) is 13.0. The minimum absolute atomic E-state index is 0.0753. The monoisotopic (exact) mass is 523 g/mol. The largest absolute Gasteiger partial charge is 0.493 e. The fourth-order valence-corrected chi connectivity index (χ4v) is 4.73. The van der Waals surface area contributed by atoms with Crippen LogP contribution in [-0.4, -0.2) is 33.7 Å². The number of sulfonamides is 1. The Bertz CT molecular complexity index is 1310. The van der Waals surface area contributed by atoms with Crippen molar-refractivity contribution in [2.45, 2.75) is 44.7 Å². The maximum absolute atomic E-state index is 12.9. The van der Waals surface area contributed by atoms with Crippen LogP contribution in [0, 0.1) is 12.8 Å². The summed E-state index contributed by atoms with van der Waals surface area (Å²) in [6.45, 7) is 6.07. The number of nitrogens with zero attached hydrogens (tertiary/aromatic N) is 1. The number of aryl methyl sites for hydroxylation is 1. The van der Waals surface area contributed by atoms with E-state index in [2.05, 4.69) is 15.2 Å². The Morgan fingerprint density at radius 1 is 1.00 bits per heavy atom. The molecule has 196 valence electrons. The molecule has 3 aromatic carbocycles. The van der Waals surface area contributed by atoms with Crippen LogP contribution in [0.2, 0.25) is 0 Å². The molecule has 0 aromatic heterocycles. The van der Waals surface area contributed by atoms with E-state index in [9.17, 15) is 13.2 Å². The Morgan fingerprint density at radius 2 is 1.70 bits per heavy atom. The lowest BCUT2D eigenvalue weighted by atomic mass is 10.0. The first kappa shape index (κ1) is 27.9. The van der Waals surface area contributed by atoms with Gasteiger partial charge in [0.15, 0.2) is 11.5 Å². The molecular formula is C28H33N3O5S. The van der Waals surface area contributed by atoms with Crippen LogP contribution in [0.3, 0.4) is 0 Å². The van der Waals surface area contributed by atoms with Gasteiger partial charge in [0.25, 0.3) is 5.91 Å². The topological polar surface area (TPSA) is 106 Å². The van der Waals surface area contributed by atoms with Gasteiger partial charge >= 0.3 is 0 Å². The Morgan fingerprint density at radius 3 is 2.35 bits per heavy atom. The van der Waals surface area contributed by atoms with Crippen LogP contribution in [0.25, 0.3) is 0 Å². The van der Waals surface area contributed by atoms with E-state index in [-0.39, 0.29) is 10.8 Å². The summed E-state index contributed by atoms with van der Waals surface area (Å²) < 4.78 is 39.5. The highest BCUT2D eigenvalue weighted by atomic mass is 32.2. The molecule has 0 unspecified atom stereocenters. The quantitative estimate of drug-likeness (QED) is 0.270. The van der Waals surface area contributed by atoms with Crippen molar-refractivity contribution >= 4 is 22.1 Å². The number of carbonyl (C=O) groups excluding carboxylic acids is 1. The molecule has 0 saturated heterocycles. The number of methoxy groups -OCH3 is 1. The number of hydrogen-bond acceptors (Lipinski definition) is 6. The van der Waals surface area contributed by atoms with Gasteiger partial charge in [-0.1, -0.05) is 61.9 Å². The zero-order valence-electron chi connectivity index (χ0n) is 21.5. The molecule has 0 saturated carbocycles. The fraction of sp³-hybridized carbons (Fsp3) is 0.286. The Kier molecular flexibility index (Phi) is 9.82. The van der Waals surface area contributed by atoms with Gasteiger partial charge in [0.1, 0.15) is 12.6 Å². The molecule has 3 rings (SSSR count). The molecule has 9 heteroatoms. The standard InChI is InChI=1S/C28H33N3O5S/c1-20(2)16-25(31-37(33,34)24-13-10-21(3)11-14-24)28(32)30-29-18-23-12-15-26(35-4)27(17-23)36-19-22-8-6-5-7-9-22/h5-15,17-18,20,25,31H,16,19H2,1-4H3,(H,30,32)/b29-18-/t25-/m1/s1. The molecule has 0 radical (unpaired) electrons. The molecule has 0 aliphatic rings. The Labute approximate surface area is 218 Å². The second-order valence-electron chi connectivity index (χ2n) is 9.04. The van der Waals surface area contributed by atoms with E-state index in [4.69, 9.17) is 9.47 Å². The number of ether oxygens (including phenoxy) is 2. The maximum Gasteiger partial charge on any atom is 0.258 e. The van der Waals surface area contributed by atoms with Crippen LogP contribution in [0.5, 0.6) is 11.5 Å². The third-order valence-corrected chi connectivity index (χ3v) is 6.95. The molecule has 1 atom stereocenters. The third kappa shape index (κ3) is 8.44.